The van der Waals surface area contributed by atoms with Gasteiger partial charge in [-0.25, -0.2) is 4.98 Å². The molecular weight excluding hydrogens is 258 g/mol. The van der Waals surface area contributed by atoms with Gasteiger partial charge < -0.3 is 10.2 Å². The Bertz CT molecular complexity index is 482. The molecule has 1 aromatic heterocycles. The second-order valence-corrected chi connectivity index (χ2v) is 6.90. The van der Waals surface area contributed by atoms with Gasteiger partial charge in [0.05, 0.1) is 0 Å². The minimum absolute atomic E-state index is 0.296. The quantitative estimate of drug-likeness (QED) is 0.850. The maximum atomic E-state index is 4.65. The fourth-order valence-electron chi connectivity index (χ4n) is 2.82. The van der Waals surface area contributed by atoms with E-state index in [0.29, 0.717) is 11.5 Å². The van der Waals surface area contributed by atoms with E-state index in [4.69, 9.17) is 0 Å². The first-order valence-corrected chi connectivity index (χ1v) is 8.05. The zero-order valence-corrected chi connectivity index (χ0v) is 14.1. The fourth-order valence-corrected chi connectivity index (χ4v) is 2.82. The molecule has 0 saturated carbocycles. The Kier molecular flexibility index (Phi) is 5.04. The first-order valence-electron chi connectivity index (χ1n) is 8.05. The zero-order chi connectivity index (χ0) is 15.5. The highest BCUT2D eigenvalue weighted by Gasteiger charge is 2.21. The van der Waals surface area contributed by atoms with E-state index >= 15 is 0 Å². The Balaban J connectivity index is 2.03. The summed E-state index contributed by atoms with van der Waals surface area (Å²) < 4.78 is 0. The molecule has 116 valence electrons. The number of hydrogen-bond acceptors (Lipinski definition) is 3. The molecule has 1 aliphatic rings. The first kappa shape index (κ1) is 16.0. The molecule has 1 N–H and O–H groups in total. The molecule has 0 fully saturated rings. The molecule has 2 rings (SSSR count). The van der Waals surface area contributed by atoms with E-state index in [2.05, 4.69) is 68.0 Å². The lowest BCUT2D eigenvalue weighted by molar-refractivity contribution is 0.472. The van der Waals surface area contributed by atoms with Crippen molar-refractivity contribution in [3.63, 3.8) is 0 Å². The van der Waals surface area contributed by atoms with Gasteiger partial charge in [0.1, 0.15) is 5.82 Å². The van der Waals surface area contributed by atoms with Crippen molar-refractivity contribution in [1.29, 1.82) is 0 Å². The van der Waals surface area contributed by atoms with Gasteiger partial charge in [0.15, 0.2) is 0 Å². The van der Waals surface area contributed by atoms with Crippen LogP contribution in [0.15, 0.2) is 30.0 Å². The lowest BCUT2D eigenvalue weighted by atomic mass is 9.83. The maximum Gasteiger partial charge on any atom is 0.128 e. The standard InChI is InChI=1S/C18H29N3/c1-6-19-14(2)15-7-8-17(20-13-15)21-11-9-16(10-12-21)18(3,4)5/h7-9,13-14,19H,6,10-12H2,1-5H3. The third kappa shape index (κ3) is 4.07. The highest BCUT2D eigenvalue weighted by Crippen LogP contribution is 2.31. The van der Waals surface area contributed by atoms with Crippen LogP contribution in [0.3, 0.4) is 0 Å². The zero-order valence-electron chi connectivity index (χ0n) is 14.1. The molecule has 1 aromatic rings. The van der Waals surface area contributed by atoms with Crippen LogP contribution in [0.1, 0.15) is 52.6 Å². The van der Waals surface area contributed by atoms with Crippen LogP contribution < -0.4 is 10.2 Å². The van der Waals surface area contributed by atoms with Crippen molar-refractivity contribution >= 4 is 5.82 Å². The second kappa shape index (κ2) is 6.61. The van der Waals surface area contributed by atoms with E-state index in [0.717, 1.165) is 31.9 Å². The molecule has 0 radical (unpaired) electrons. The van der Waals surface area contributed by atoms with Crippen molar-refractivity contribution in [1.82, 2.24) is 10.3 Å². The summed E-state index contributed by atoms with van der Waals surface area (Å²) in [5, 5.41) is 3.42. The van der Waals surface area contributed by atoms with E-state index in [-0.39, 0.29) is 0 Å². The molecule has 1 atom stereocenters. The third-order valence-corrected chi connectivity index (χ3v) is 4.28. The highest BCUT2D eigenvalue weighted by molar-refractivity contribution is 5.42. The van der Waals surface area contributed by atoms with Gasteiger partial charge in [0.25, 0.3) is 0 Å². The molecule has 1 unspecified atom stereocenters. The molecule has 21 heavy (non-hydrogen) atoms. The summed E-state index contributed by atoms with van der Waals surface area (Å²) in [5.74, 6) is 1.09. The lowest BCUT2D eigenvalue weighted by Gasteiger charge is -2.33. The number of nitrogens with zero attached hydrogens (tertiary/aromatic N) is 2. The second-order valence-electron chi connectivity index (χ2n) is 6.90. The number of hydrogen-bond donors (Lipinski definition) is 1. The molecule has 1 aliphatic heterocycles. The number of anilines is 1. The number of nitrogens with one attached hydrogen (secondary N) is 1. The van der Waals surface area contributed by atoms with Gasteiger partial charge in [-0.1, -0.05) is 45.4 Å². The molecule has 0 bridgehead atoms. The third-order valence-electron chi connectivity index (χ3n) is 4.28. The molecule has 0 amide bonds. The number of aromatic nitrogens is 1. The smallest absolute Gasteiger partial charge is 0.128 e. The minimum atomic E-state index is 0.296. The van der Waals surface area contributed by atoms with Gasteiger partial charge in [-0.15, -0.1) is 0 Å². The van der Waals surface area contributed by atoms with Crippen LogP contribution in [-0.2, 0) is 0 Å². The van der Waals surface area contributed by atoms with E-state index in [9.17, 15) is 0 Å². The van der Waals surface area contributed by atoms with E-state index in [1.54, 1.807) is 5.57 Å². The van der Waals surface area contributed by atoms with Crippen molar-refractivity contribution in [3.05, 3.63) is 35.5 Å². The Hall–Kier alpha value is -1.35. The summed E-state index contributed by atoms with van der Waals surface area (Å²) in [4.78, 5) is 7.01. The van der Waals surface area contributed by atoms with Gasteiger partial charge in [-0.3, -0.25) is 0 Å². The molecule has 0 spiro atoms. The van der Waals surface area contributed by atoms with Crippen LogP contribution in [0.5, 0.6) is 0 Å². The molecule has 0 aliphatic carbocycles. The van der Waals surface area contributed by atoms with Crippen LogP contribution in [0.2, 0.25) is 0 Å². The van der Waals surface area contributed by atoms with Gasteiger partial charge in [-0.2, -0.15) is 0 Å². The summed E-state index contributed by atoms with van der Waals surface area (Å²) in [6, 6.07) is 4.71. The van der Waals surface area contributed by atoms with E-state index in [1.807, 2.05) is 6.20 Å². The van der Waals surface area contributed by atoms with Crippen LogP contribution in [0.4, 0.5) is 5.82 Å². The van der Waals surface area contributed by atoms with Crippen LogP contribution in [0, 0.1) is 5.41 Å². The first-order chi connectivity index (χ1) is 9.91. The van der Waals surface area contributed by atoms with E-state index < -0.39 is 0 Å². The Morgan fingerprint density at radius 2 is 2.10 bits per heavy atom. The topological polar surface area (TPSA) is 28.2 Å². The van der Waals surface area contributed by atoms with Gasteiger partial charge >= 0.3 is 0 Å². The summed E-state index contributed by atoms with van der Waals surface area (Å²) in [6.45, 7) is 14.2. The predicted octanol–water partition coefficient (Wildman–Crippen LogP) is 3.93. The van der Waals surface area contributed by atoms with Gasteiger partial charge in [0, 0.05) is 25.3 Å². The Morgan fingerprint density at radius 3 is 2.57 bits per heavy atom. The highest BCUT2D eigenvalue weighted by atomic mass is 15.2. The normalized spacial score (nSPS) is 17.6. The van der Waals surface area contributed by atoms with Crippen molar-refractivity contribution < 1.29 is 0 Å². The largest absolute Gasteiger partial charge is 0.353 e. The Morgan fingerprint density at radius 1 is 1.33 bits per heavy atom. The van der Waals surface area contributed by atoms with Crippen molar-refractivity contribution in [2.75, 3.05) is 24.5 Å². The number of pyridine rings is 1. The summed E-state index contributed by atoms with van der Waals surface area (Å²) in [7, 11) is 0. The van der Waals surface area contributed by atoms with Crippen LogP contribution in [-0.4, -0.2) is 24.6 Å². The summed E-state index contributed by atoms with van der Waals surface area (Å²) in [6.07, 6.45) is 5.52. The van der Waals surface area contributed by atoms with Crippen LogP contribution in [0.25, 0.3) is 0 Å². The summed E-state index contributed by atoms with van der Waals surface area (Å²) >= 11 is 0. The monoisotopic (exact) mass is 287 g/mol. The Labute approximate surface area is 129 Å². The van der Waals surface area contributed by atoms with E-state index in [1.165, 1.54) is 5.56 Å². The average Bonchev–Trinajstić information content (AvgIpc) is 2.47. The van der Waals surface area contributed by atoms with Crippen molar-refractivity contribution in [3.8, 4) is 0 Å². The molecule has 0 saturated heterocycles. The van der Waals surface area contributed by atoms with Crippen LogP contribution >= 0.6 is 0 Å². The van der Waals surface area contributed by atoms with Crippen molar-refractivity contribution in [2.24, 2.45) is 5.41 Å². The molecule has 3 nitrogen and oxygen atoms in total. The fraction of sp³-hybridized carbons (Fsp3) is 0.611. The molecule has 0 aromatic carbocycles. The average molecular weight is 287 g/mol. The molecule has 2 heterocycles. The SMILES string of the molecule is CCNC(C)c1ccc(N2CC=C(C(C)(C)C)CC2)nc1. The van der Waals surface area contributed by atoms with Gasteiger partial charge in [0.2, 0.25) is 0 Å². The maximum absolute atomic E-state index is 4.65. The lowest BCUT2D eigenvalue weighted by Crippen LogP contribution is -2.31. The number of rotatable bonds is 4. The minimum Gasteiger partial charge on any atom is -0.353 e. The molecular formula is C18H29N3. The molecule has 3 heteroatoms. The predicted molar refractivity (Wildman–Crippen MR) is 90.7 cm³/mol. The van der Waals surface area contributed by atoms with Crippen molar-refractivity contribution in [2.45, 2.75) is 47.1 Å². The summed E-state index contributed by atoms with van der Waals surface area (Å²) in [5.41, 5.74) is 3.12. The van der Waals surface area contributed by atoms with Gasteiger partial charge in [-0.05, 0) is 36.9 Å².